The highest BCUT2D eigenvalue weighted by atomic mass is 16.3. The minimum atomic E-state index is -0.483. The normalized spacial score (nSPS) is 19.9. The van der Waals surface area contributed by atoms with E-state index in [0.717, 1.165) is 16.7 Å². The first-order valence-electron chi connectivity index (χ1n) is 7.10. The van der Waals surface area contributed by atoms with E-state index in [9.17, 15) is 9.59 Å². The van der Waals surface area contributed by atoms with Crippen LogP contribution in [0.2, 0.25) is 0 Å². The molecule has 5 heteroatoms. The zero-order valence-electron chi connectivity index (χ0n) is 12.4. The zero-order valence-corrected chi connectivity index (χ0v) is 12.4. The maximum absolute atomic E-state index is 11.9. The summed E-state index contributed by atoms with van der Waals surface area (Å²) in [7, 11) is 0. The van der Waals surface area contributed by atoms with Crippen LogP contribution in [-0.2, 0) is 15.0 Å². The number of amides is 2. The van der Waals surface area contributed by atoms with Gasteiger partial charge in [0.15, 0.2) is 5.58 Å². The molecule has 1 saturated heterocycles. The second kappa shape index (κ2) is 4.69. The number of oxazole rings is 1. The number of rotatable bonds is 1. The fourth-order valence-electron chi connectivity index (χ4n) is 2.64. The highest BCUT2D eigenvalue weighted by molar-refractivity contribution is 6.00. The lowest BCUT2D eigenvalue weighted by Gasteiger charge is -2.19. The Morgan fingerprint density at radius 2 is 2.05 bits per heavy atom. The predicted octanol–water partition coefficient (Wildman–Crippen LogP) is 2.65. The summed E-state index contributed by atoms with van der Waals surface area (Å²) in [5.74, 6) is -0.646. The topological polar surface area (TPSA) is 72.2 Å². The molecule has 0 bridgehead atoms. The maximum Gasteiger partial charge on any atom is 0.239 e. The van der Waals surface area contributed by atoms with Crippen molar-refractivity contribution in [3.05, 3.63) is 29.7 Å². The van der Waals surface area contributed by atoms with Crippen LogP contribution in [0.15, 0.2) is 22.6 Å². The average molecular weight is 286 g/mol. The minimum Gasteiger partial charge on any atom is -0.440 e. The van der Waals surface area contributed by atoms with Crippen molar-refractivity contribution in [3.8, 4) is 0 Å². The van der Waals surface area contributed by atoms with E-state index in [2.05, 4.69) is 31.1 Å². The standard InChI is InChI=1S/C16H18N2O3/c1-16(2,3)10-5-4-6-11-13(10)21-15(17-11)9-7-8-12(19)18-14(9)20/h4-6,9H,7-8H2,1-3H3,(H,18,19,20). The SMILES string of the molecule is CC(C)(C)c1cccc2nc(C3CCC(=O)NC3=O)oc12. The molecule has 1 unspecified atom stereocenters. The molecular weight excluding hydrogens is 268 g/mol. The number of aromatic nitrogens is 1. The van der Waals surface area contributed by atoms with Crippen molar-refractivity contribution in [1.29, 1.82) is 0 Å². The monoisotopic (exact) mass is 286 g/mol. The number of hydrogen-bond donors (Lipinski definition) is 1. The van der Waals surface area contributed by atoms with Crippen molar-refractivity contribution < 1.29 is 14.0 Å². The van der Waals surface area contributed by atoms with Gasteiger partial charge in [0, 0.05) is 12.0 Å². The fraction of sp³-hybridized carbons (Fsp3) is 0.438. The Kier molecular flexibility index (Phi) is 3.08. The third-order valence-electron chi connectivity index (χ3n) is 3.78. The number of fused-ring (bicyclic) bond motifs is 1. The van der Waals surface area contributed by atoms with E-state index in [1.807, 2.05) is 18.2 Å². The fourth-order valence-corrected chi connectivity index (χ4v) is 2.64. The summed E-state index contributed by atoms with van der Waals surface area (Å²) in [6, 6.07) is 5.84. The van der Waals surface area contributed by atoms with Gasteiger partial charge in [-0.25, -0.2) is 4.98 Å². The number of benzene rings is 1. The first-order valence-corrected chi connectivity index (χ1v) is 7.10. The molecule has 1 fully saturated rings. The third kappa shape index (κ3) is 2.44. The summed E-state index contributed by atoms with van der Waals surface area (Å²) in [4.78, 5) is 27.6. The minimum absolute atomic E-state index is 0.0684. The molecule has 2 heterocycles. The van der Waals surface area contributed by atoms with Gasteiger partial charge < -0.3 is 4.42 Å². The molecule has 1 N–H and O–H groups in total. The Bertz CT molecular complexity index is 725. The van der Waals surface area contributed by atoms with Gasteiger partial charge in [0.1, 0.15) is 11.4 Å². The van der Waals surface area contributed by atoms with E-state index in [1.165, 1.54) is 0 Å². The molecule has 1 aliphatic heterocycles. The van der Waals surface area contributed by atoms with Gasteiger partial charge in [-0.1, -0.05) is 32.9 Å². The zero-order chi connectivity index (χ0) is 15.2. The number of nitrogens with one attached hydrogen (secondary N) is 1. The summed E-state index contributed by atoms with van der Waals surface area (Å²) >= 11 is 0. The van der Waals surface area contributed by atoms with Gasteiger partial charge in [0.2, 0.25) is 17.7 Å². The van der Waals surface area contributed by atoms with Crippen LogP contribution in [0.25, 0.3) is 11.1 Å². The van der Waals surface area contributed by atoms with Gasteiger partial charge in [-0.15, -0.1) is 0 Å². The van der Waals surface area contributed by atoms with Crippen molar-refractivity contribution in [1.82, 2.24) is 10.3 Å². The first kappa shape index (κ1) is 13.8. The van der Waals surface area contributed by atoms with Crippen LogP contribution in [0.1, 0.15) is 51.0 Å². The van der Waals surface area contributed by atoms with Gasteiger partial charge in [0.25, 0.3) is 0 Å². The van der Waals surface area contributed by atoms with Crippen LogP contribution in [0.3, 0.4) is 0 Å². The third-order valence-corrected chi connectivity index (χ3v) is 3.78. The lowest BCUT2D eigenvalue weighted by molar-refractivity contribution is -0.134. The van der Waals surface area contributed by atoms with Gasteiger partial charge in [-0.3, -0.25) is 14.9 Å². The summed E-state index contributed by atoms with van der Waals surface area (Å²) in [5, 5.41) is 2.34. The molecule has 1 atom stereocenters. The molecule has 0 aliphatic carbocycles. The van der Waals surface area contributed by atoms with Crippen molar-refractivity contribution in [2.45, 2.75) is 44.9 Å². The Labute approximate surface area is 122 Å². The highest BCUT2D eigenvalue weighted by Crippen LogP contribution is 2.33. The van der Waals surface area contributed by atoms with Crippen LogP contribution in [0.4, 0.5) is 0 Å². The number of carbonyl (C=O) groups is 2. The Hall–Kier alpha value is -2.17. The number of nitrogens with zero attached hydrogens (tertiary/aromatic N) is 1. The summed E-state index contributed by atoms with van der Waals surface area (Å²) < 4.78 is 5.89. The molecule has 3 rings (SSSR count). The number of hydrogen-bond acceptors (Lipinski definition) is 4. The number of imide groups is 1. The van der Waals surface area contributed by atoms with E-state index in [-0.39, 0.29) is 17.2 Å². The Morgan fingerprint density at radius 3 is 2.71 bits per heavy atom. The molecule has 5 nitrogen and oxygen atoms in total. The van der Waals surface area contributed by atoms with Crippen molar-refractivity contribution in [2.75, 3.05) is 0 Å². The molecule has 0 radical (unpaired) electrons. The van der Waals surface area contributed by atoms with Gasteiger partial charge in [-0.05, 0) is 17.9 Å². The second-order valence-electron chi connectivity index (χ2n) is 6.46. The Balaban J connectivity index is 2.06. The highest BCUT2D eigenvalue weighted by Gasteiger charge is 2.32. The second-order valence-corrected chi connectivity index (χ2v) is 6.46. The number of para-hydroxylation sites is 1. The molecule has 110 valence electrons. The largest absolute Gasteiger partial charge is 0.440 e. The lowest BCUT2D eigenvalue weighted by Crippen LogP contribution is -2.39. The van der Waals surface area contributed by atoms with E-state index in [0.29, 0.717) is 18.7 Å². The molecular formula is C16H18N2O3. The maximum atomic E-state index is 11.9. The van der Waals surface area contributed by atoms with Crippen LogP contribution >= 0.6 is 0 Å². The van der Waals surface area contributed by atoms with Crippen LogP contribution in [-0.4, -0.2) is 16.8 Å². The molecule has 0 spiro atoms. The molecule has 1 aromatic carbocycles. The van der Waals surface area contributed by atoms with E-state index in [4.69, 9.17) is 4.42 Å². The van der Waals surface area contributed by atoms with Crippen molar-refractivity contribution in [2.24, 2.45) is 0 Å². The van der Waals surface area contributed by atoms with Gasteiger partial charge in [-0.2, -0.15) is 0 Å². The van der Waals surface area contributed by atoms with Gasteiger partial charge >= 0.3 is 0 Å². The molecule has 1 aromatic heterocycles. The number of carbonyl (C=O) groups excluding carboxylic acids is 2. The Morgan fingerprint density at radius 1 is 1.29 bits per heavy atom. The van der Waals surface area contributed by atoms with E-state index in [1.54, 1.807) is 0 Å². The summed E-state index contributed by atoms with van der Waals surface area (Å²) in [6.07, 6.45) is 0.767. The summed E-state index contributed by atoms with van der Waals surface area (Å²) in [5.41, 5.74) is 2.47. The van der Waals surface area contributed by atoms with Crippen LogP contribution in [0, 0.1) is 0 Å². The molecule has 21 heavy (non-hydrogen) atoms. The molecule has 2 amide bonds. The van der Waals surface area contributed by atoms with Crippen LogP contribution < -0.4 is 5.32 Å². The number of piperidine rings is 1. The smallest absolute Gasteiger partial charge is 0.239 e. The van der Waals surface area contributed by atoms with Crippen molar-refractivity contribution in [3.63, 3.8) is 0 Å². The van der Waals surface area contributed by atoms with E-state index >= 15 is 0 Å². The van der Waals surface area contributed by atoms with Crippen LogP contribution in [0.5, 0.6) is 0 Å². The lowest BCUT2D eigenvalue weighted by atomic mass is 9.86. The summed E-state index contributed by atoms with van der Waals surface area (Å²) in [6.45, 7) is 6.32. The van der Waals surface area contributed by atoms with Gasteiger partial charge in [0.05, 0.1) is 0 Å². The molecule has 2 aromatic rings. The quantitative estimate of drug-likeness (QED) is 0.818. The van der Waals surface area contributed by atoms with E-state index < -0.39 is 5.92 Å². The van der Waals surface area contributed by atoms with Crippen molar-refractivity contribution >= 4 is 22.9 Å². The first-order chi connectivity index (χ1) is 9.86. The molecule has 0 saturated carbocycles. The predicted molar refractivity (Wildman–Crippen MR) is 77.8 cm³/mol. The molecule has 1 aliphatic rings. The average Bonchev–Trinajstić information content (AvgIpc) is 2.80.